The molecule has 9 heteroatoms. The fourth-order valence-corrected chi connectivity index (χ4v) is 2.92. The van der Waals surface area contributed by atoms with Crippen LogP contribution in [-0.4, -0.2) is 24.1 Å². The largest absolute Gasteiger partial charge is 0.497 e. The Hall–Kier alpha value is -2.42. The van der Waals surface area contributed by atoms with E-state index in [4.69, 9.17) is 10.1 Å². The fourth-order valence-electron chi connectivity index (χ4n) is 1.66. The van der Waals surface area contributed by atoms with E-state index in [1.54, 1.807) is 0 Å². The van der Waals surface area contributed by atoms with E-state index in [9.17, 15) is 17.6 Å². The molecule has 1 N–H and O–H groups in total. The molecule has 0 aliphatic rings. The third-order valence-corrected chi connectivity index (χ3v) is 4.53. The van der Waals surface area contributed by atoms with Gasteiger partial charge in [-0.05, 0) is 24.3 Å². The van der Waals surface area contributed by atoms with E-state index in [2.05, 4.69) is 0 Å². The Bertz CT molecular complexity index is 898. The number of aromatic nitrogens is 2. The molecule has 112 valence electrons. The van der Waals surface area contributed by atoms with Crippen LogP contribution in [-0.2, 0) is 17.1 Å². The first-order chi connectivity index (χ1) is 9.78. The number of halogens is 1. The van der Waals surface area contributed by atoms with E-state index >= 15 is 0 Å². The van der Waals surface area contributed by atoms with Crippen molar-refractivity contribution in [3.63, 3.8) is 0 Å². The highest BCUT2D eigenvalue weighted by molar-refractivity contribution is 7.90. The summed E-state index contributed by atoms with van der Waals surface area (Å²) in [6, 6.07) is 5.31. The van der Waals surface area contributed by atoms with Crippen molar-refractivity contribution in [1.82, 2.24) is 8.54 Å². The summed E-state index contributed by atoms with van der Waals surface area (Å²) >= 11 is 0. The van der Waals surface area contributed by atoms with Crippen molar-refractivity contribution in [2.24, 2.45) is 7.05 Å². The first-order valence-electron chi connectivity index (χ1n) is 5.71. The maximum absolute atomic E-state index is 13.5. The number of methoxy groups -OCH3 is 1. The lowest BCUT2D eigenvalue weighted by atomic mass is 10.3. The van der Waals surface area contributed by atoms with Gasteiger partial charge in [0.2, 0.25) is 0 Å². The van der Waals surface area contributed by atoms with Gasteiger partial charge in [-0.1, -0.05) is 0 Å². The van der Waals surface area contributed by atoms with Crippen molar-refractivity contribution in [2.75, 3.05) is 7.11 Å². The number of hydrogen-bond donors (Lipinski definition) is 1. The van der Waals surface area contributed by atoms with Gasteiger partial charge in [0.05, 0.1) is 18.2 Å². The van der Waals surface area contributed by atoms with Gasteiger partial charge in [0.1, 0.15) is 5.75 Å². The molecule has 0 aliphatic heterocycles. The maximum atomic E-state index is 13.5. The molecule has 7 nitrogen and oxygen atoms in total. The lowest BCUT2D eigenvalue weighted by Crippen LogP contribution is -2.41. The topological polar surface area (TPSA) is 94.2 Å². The zero-order chi connectivity index (χ0) is 15.8. The molecule has 0 unspecified atom stereocenters. The molecule has 1 heterocycles. The second-order valence-electron chi connectivity index (χ2n) is 4.14. The van der Waals surface area contributed by atoms with E-state index < -0.39 is 27.0 Å². The van der Waals surface area contributed by atoms with E-state index in [0.29, 0.717) is 16.5 Å². The monoisotopic (exact) mass is 313 g/mol. The number of ether oxygens (including phenoxy) is 1. The quantitative estimate of drug-likeness (QED) is 0.866. The molecule has 0 amide bonds. The Labute approximate surface area is 119 Å². The average Bonchev–Trinajstić information content (AvgIpc) is 2.48. The molecule has 0 atom stereocenters. The summed E-state index contributed by atoms with van der Waals surface area (Å²) in [5, 5.41) is 7.31. The molecule has 0 bridgehead atoms. The summed E-state index contributed by atoms with van der Waals surface area (Å²) in [4.78, 5) is 11.7. The van der Waals surface area contributed by atoms with Crippen LogP contribution in [0.5, 0.6) is 5.75 Å². The van der Waals surface area contributed by atoms with Gasteiger partial charge in [0, 0.05) is 7.05 Å². The third kappa shape index (κ3) is 2.47. The zero-order valence-electron chi connectivity index (χ0n) is 11.2. The number of rotatable bonds is 3. The molecule has 0 fully saturated rings. The van der Waals surface area contributed by atoms with E-state index in [1.165, 1.54) is 31.4 Å². The number of hydrogen-bond acceptors (Lipinski definition) is 5. The molecule has 0 radical (unpaired) electrons. The van der Waals surface area contributed by atoms with Gasteiger partial charge in [-0.3, -0.25) is 9.98 Å². The van der Waals surface area contributed by atoms with E-state index in [1.807, 2.05) is 0 Å². The van der Waals surface area contributed by atoms with Crippen LogP contribution in [0.15, 0.2) is 40.2 Å². The minimum absolute atomic E-state index is 0.192. The van der Waals surface area contributed by atoms with Crippen molar-refractivity contribution in [3.8, 4) is 5.75 Å². The molecule has 0 saturated carbocycles. The predicted octanol–water partition coefficient (Wildman–Crippen LogP) is 0.0510. The Morgan fingerprint density at radius 2 is 1.81 bits per heavy atom. The number of nitrogens with one attached hydrogen (secondary N) is 1. The normalized spacial score (nSPS) is 11.4. The molecule has 2 aromatic rings. The molecule has 0 saturated heterocycles. The van der Waals surface area contributed by atoms with Crippen molar-refractivity contribution in [3.05, 3.63) is 52.3 Å². The van der Waals surface area contributed by atoms with Crippen LogP contribution in [0, 0.1) is 11.2 Å². The standard InChI is InChI=1S/C12H12FN3O4S/c1-15-11(14)10(13)7-16(12(15)17)21(18,19)9-5-3-8(20-2)4-6-9/h3-7,14H,1-2H3. The highest BCUT2D eigenvalue weighted by Crippen LogP contribution is 2.16. The average molecular weight is 313 g/mol. The lowest BCUT2D eigenvalue weighted by Gasteiger charge is -2.10. The predicted molar refractivity (Wildman–Crippen MR) is 71.1 cm³/mol. The first kappa shape index (κ1) is 15.0. The van der Waals surface area contributed by atoms with Crippen LogP contribution in [0.2, 0.25) is 0 Å². The molecule has 0 spiro atoms. The van der Waals surface area contributed by atoms with Crippen LogP contribution < -0.4 is 15.9 Å². The van der Waals surface area contributed by atoms with Gasteiger partial charge < -0.3 is 4.74 Å². The first-order valence-corrected chi connectivity index (χ1v) is 7.15. The number of nitrogens with zero attached hydrogens (tertiary/aromatic N) is 2. The van der Waals surface area contributed by atoms with E-state index in [0.717, 1.165) is 7.05 Å². The smallest absolute Gasteiger partial charge is 0.343 e. The highest BCUT2D eigenvalue weighted by Gasteiger charge is 2.21. The van der Waals surface area contributed by atoms with Gasteiger partial charge >= 0.3 is 5.69 Å². The Balaban J connectivity index is 2.70. The van der Waals surface area contributed by atoms with Gasteiger partial charge in [-0.15, -0.1) is 0 Å². The SMILES string of the molecule is COc1ccc(S(=O)(=O)n2cc(F)c(=N)n(C)c2=O)cc1. The maximum Gasteiger partial charge on any atom is 0.343 e. The van der Waals surface area contributed by atoms with Crippen molar-refractivity contribution >= 4 is 10.0 Å². The summed E-state index contributed by atoms with van der Waals surface area (Å²) in [7, 11) is -1.71. The molecule has 1 aromatic carbocycles. The van der Waals surface area contributed by atoms with Crippen molar-refractivity contribution in [2.45, 2.75) is 4.90 Å². The van der Waals surface area contributed by atoms with Crippen LogP contribution in [0.4, 0.5) is 4.39 Å². The minimum atomic E-state index is -4.25. The second-order valence-corrected chi connectivity index (χ2v) is 5.96. The minimum Gasteiger partial charge on any atom is -0.497 e. The summed E-state index contributed by atoms with van der Waals surface area (Å²) in [6.07, 6.45) is 0.490. The molecule has 0 aliphatic carbocycles. The Morgan fingerprint density at radius 3 is 2.33 bits per heavy atom. The molecule has 1 aromatic heterocycles. The third-order valence-electron chi connectivity index (χ3n) is 2.88. The highest BCUT2D eigenvalue weighted by atomic mass is 32.2. The lowest BCUT2D eigenvalue weighted by molar-refractivity contribution is 0.414. The molecule has 21 heavy (non-hydrogen) atoms. The summed E-state index contributed by atoms with van der Waals surface area (Å²) in [5.41, 5.74) is -1.72. The summed E-state index contributed by atoms with van der Waals surface area (Å²) in [6.45, 7) is 0. The van der Waals surface area contributed by atoms with Gasteiger partial charge in [0.25, 0.3) is 10.0 Å². The molecular weight excluding hydrogens is 301 g/mol. The van der Waals surface area contributed by atoms with Gasteiger partial charge in [-0.2, -0.15) is 3.97 Å². The van der Waals surface area contributed by atoms with Crippen LogP contribution in [0.1, 0.15) is 0 Å². The molecule has 2 rings (SSSR count). The van der Waals surface area contributed by atoms with Crippen molar-refractivity contribution < 1.29 is 17.5 Å². The Morgan fingerprint density at radius 1 is 1.24 bits per heavy atom. The number of benzene rings is 1. The van der Waals surface area contributed by atoms with Gasteiger partial charge in [0.15, 0.2) is 11.3 Å². The van der Waals surface area contributed by atoms with Crippen LogP contribution in [0.3, 0.4) is 0 Å². The Kier molecular flexibility index (Phi) is 3.69. The van der Waals surface area contributed by atoms with Crippen LogP contribution >= 0.6 is 0 Å². The summed E-state index contributed by atoms with van der Waals surface area (Å²) < 4.78 is 44.0. The van der Waals surface area contributed by atoms with Crippen molar-refractivity contribution in [1.29, 1.82) is 5.41 Å². The zero-order valence-corrected chi connectivity index (χ0v) is 12.0. The summed E-state index contributed by atoms with van der Waals surface area (Å²) in [5.74, 6) is -0.672. The van der Waals surface area contributed by atoms with Crippen LogP contribution in [0.25, 0.3) is 0 Å². The fraction of sp³-hybridized carbons (Fsp3) is 0.167. The van der Waals surface area contributed by atoms with E-state index in [-0.39, 0.29) is 8.87 Å². The van der Waals surface area contributed by atoms with Gasteiger partial charge in [-0.25, -0.2) is 17.6 Å². The molecular formula is C12H12FN3O4S. The second kappa shape index (κ2) is 5.17.